The zero-order valence-corrected chi connectivity index (χ0v) is 17.2. The Bertz CT molecular complexity index is 823. The van der Waals surface area contributed by atoms with E-state index in [0.29, 0.717) is 42.0 Å². The Morgan fingerprint density at radius 1 is 1.14 bits per heavy atom. The van der Waals surface area contributed by atoms with E-state index in [2.05, 4.69) is 15.3 Å². The lowest BCUT2D eigenvalue weighted by Crippen LogP contribution is -2.46. The molecule has 0 radical (unpaired) electrons. The van der Waals surface area contributed by atoms with E-state index in [-0.39, 0.29) is 12.1 Å². The maximum atomic E-state index is 12.8. The first kappa shape index (κ1) is 20.5. The van der Waals surface area contributed by atoms with Crippen LogP contribution in [0.15, 0.2) is 30.6 Å². The number of urea groups is 1. The van der Waals surface area contributed by atoms with E-state index in [1.807, 2.05) is 19.0 Å². The van der Waals surface area contributed by atoms with Crippen LogP contribution in [0, 0.1) is 0 Å². The number of anilines is 2. The van der Waals surface area contributed by atoms with Gasteiger partial charge in [0, 0.05) is 56.9 Å². The van der Waals surface area contributed by atoms with Crippen LogP contribution in [0.4, 0.5) is 16.3 Å². The van der Waals surface area contributed by atoms with Crippen LogP contribution in [0.5, 0.6) is 17.4 Å². The average molecular weight is 401 g/mol. The first-order valence-electron chi connectivity index (χ1n) is 9.44. The summed E-state index contributed by atoms with van der Waals surface area (Å²) in [5, 5.41) is 2.91. The number of hydrogen-bond acceptors (Lipinski definition) is 7. The highest BCUT2D eigenvalue weighted by molar-refractivity contribution is 5.90. The van der Waals surface area contributed by atoms with Gasteiger partial charge in [-0.15, -0.1) is 0 Å². The van der Waals surface area contributed by atoms with Gasteiger partial charge in [-0.1, -0.05) is 0 Å². The maximum Gasteiger partial charge on any atom is 0.321 e. The van der Waals surface area contributed by atoms with Crippen LogP contribution in [0.3, 0.4) is 0 Å². The van der Waals surface area contributed by atoms with Crippen LogP contribution in [-0.2, 0) is 0 Å². The number of nitrogens with zero attached hydrogens (tertiary/aromatic N) is 4. The van der Waals surface area contributed by atoms with Gasteiger partial charge >= 0.3 is 6.03 Å². The molecule has 0 saturated carbocycles. The number of methoxy groups -OCH3 is 2. The standard InChI is InChI=1S/C20H27N5O4/c1-24(2)18-19(22-8-7-21-18)29-15-6-5-9-25(13-15)20(26)23-14-10-16(27-3)12-17(11-14)28-4/h7-8,10-12,15H,5-6,9,13H2,1-4H3,(H,23,26). The fraction of sp³-hybridized carbons (Fsp3) is 0.450. The van der Waals surface area contributed by atoms with Gasteiger partial charge in [-0.05, 0) is 12.8 Å². The molecule has 1 aliphatic rings. The molecule has 1 aromatic heterocycles. The molecular formula is C20H27N5O4. The minimum absolute atomic E-state index is 0.148. The van der Waals surface area contributed by atoms with Crippen LogP contribution in [0.1, 0.15) is 12.8 Å². The highest BCUT2D eigenvalue weighted by Crippen LogP contribution is 2.27. The molecule has 9 nitrogen and oxygen atoms in total. The predicted molar refractivity (Wildman–Crippen MR) is 110 cm³/mol. The lowest BCUT2D eigenvalue weighted by molar-refractivity contribution is 0.103. The van der Waals surface area contributed by atoms with Crippen LogP contribution in [-0.4, -0.2) is 68.4 Å². The molecule has 0 bridgehead atoms. The number of aromatic nitrogens is 2. The number of carbonyl (C=O) groups excluding carboxylic acids is 1. The number of rotatable bonds is 6. The third kappa shape index (κ3) is 5.18. The van der Waals surface area contributed by atoms with Crippen molar-refractivity contribution in [2.45, 2.75) is 18.9 Å². The van der Waals surface area contributed by atoms with Gasteiger partial charge in [0.05, 0.1) is 20.8 Å². The summed E-state index contributed by atoms with van der Waals surface area (Å²) in [6.45, 7) is 1.13. The number of amides is 2. The van der Waals surface area contributed by atoms with E-state index >= 15 is 0 Å². The van der Waals surface area contributed by atoms with E-state index in [1.54, 1.807) is 49.7 Å². The van der Waals surface area contributed by atoms with E-state index in [4.69, 9.17) is 14.2 Å². The topological polar surface area (TPSA) is 89.0 Å². The van der Waals surface area contributed by atoms with E-state index < -0.39 is 0 Å². The van der Waals surface area contributed by atoms with Crippen molar-refractivity contribution >= 4 is 17.5 Å². The zero-order chi connectivity index (χ0) is 20.8. The number of nitrogens with one attached hydrogen (secondary N) is 1. The number of likely N-dealkylation sites (tertiary alicyclic amines) is 1. The fourth-order valence-electron chi connectivity index (χ4n) is 3.17. The number of benzene rings is 1. The molecule has 1 fully saturated rings. The van der Waals surface area contributed by atoms with E-state index in [0.717, 1.165) is 12.8 Å². The fourth-order valence-corrected chi connectivity index (χ4v) is 3.17. The maximum absolute atomic E-state index is 12.8. The van der Waals surface area contributed by atoms with Gasteiger partial charge in [-0.3, -0.25) is 0 Å². The first-order chi connectivity index (χ1) is 14.0. The summed E-state index contributed by atoms with van der Waals surface area (Å²) in [5.74, 6) is 2.36. The van der Waals surface area contributed by atoms with Gasteiger partial charge in [0.1, 0.15) is 17.6 Å². The highest BCUT2D eigenvalue weighted by atomic mass is 16.5. The Balaban J connectivity index is 1.66. The van der Waals surface area contributed by atoms with Crippen molar-refractivity contribution in [3.63, 3.8) is 0 Å². The minimum Gasteiger partial charge on any atom is -0.497 e. The van der Waals surface area contributed by atoms with E-state index in [1.165, 1.54) is 0 Å². The van der Waals surface area contributed by atoms with Gasteiger partial charge in [-0.25, -0.2) is 14.8 Å². The molecule has 2 heterocycles. The molecule has 1 N–H and O–H groups in total. The molecule has 1 saturated heterocycles. The van der Waals surface area contributed by atoms with Gasteiger partial charge in [0.2, 0.25) is 0 Å². The molecule has 0 spiro atoms. The highest BCUT2D eigenvalue weighted by Gasteiger charge is 2.26. The molecule has 3 rings (SSSR count). The Kier molecular flexibility index (Phi) is 6.58. The van der Waals surface area contributed by atoms with Crippen LogP contribution in [0.25, 0.3) is 0 Å². The molecule has 2 aromatic rings. The van der Waals surface area contributed by atoms with Crippen LogP contribution < -0.4 is 24.4 Å². The lowest BCUT2D eigenvalue weighted by Gasteiger charge is -2.33. The molecule has 1 aliphatic heterocycles. The summed E-state index contributed by atoms with van der Waals surface area (Å²) in [7, 11) is 6.92. The smallest absolute Gasteiger partial charge is 0.321 e. The molecule has 9 heteroatoms. The number of carbonyl (C=O) groups is 1. The minimum atomic E-state index is -0.194. The lowest BCUT2D eigenvalue weighted by atomic mass is 10.1. The molecule has 1 aromatic carbocycles. The van der Waals surface area contributed by atoms with Crippen molar-refractivity contribution in [1.82, 2.24) is 14.9 Å². The molecule has 1 unspecified atom stereocenters. The van der Waals surface area contributed by atoms with Gasteiger partial charge in [0.25, 0.3) is 5.88 Å². The van der Waals surface area contributed by atoms with Crippen molar-refractivity contribution in [3.05, 3.63) is 30.6 Å². The molecule has 29 heavy (non-hydrogen) atoms. The second-order valence-electron chi connectivity index (χ2n) is 6.94. The molecule has 1 atom stereocenters. The second-order valence-corrected chi connectivity index (χ2v) is 6.94. The Morgan fingerprint density at radius 3 is 2.48 bits per heavy atom. The summed E-state index contributed by atoms with van der Waals surface area (Å²) in [5.41, 5.74) is 0.609. The zero-order valence-electron chi connectivity index (χ0n) is 17.2. The van der Waals surface area contributed by atoms with Gasteiger partial charge in [0.15, 0.2) is 5.82 Å². The molecule has 156 valence electrons. The summed E-state index contributed by atoms with van der Waals surface area (Å²) < 4.78 is 16.6. The van der Waals surface area contributed by atoms with Gasteiger partial charge < -0.3 is 29.3 Å². The molecular weight excluding hydrogens is 374 g/mol. The van der Waals surface area contributed by atoms with Crippen molar-refractivity contribution in [1.29, 1.82) is 0 Å². The van der Waals surface area contributed by atoms with Crippen molar-refractivity contribution in [2.24, 2.45) is 0 Å². The summed E-state index contributed by atoms with van der Waals surface area (Å²) in [6, 6.07) is 5.06. The molecule has 2 amide bonds. The number of hydrogen-bond donors (Lipinski definition) is 1. The summed E-state index contributed by atoms with van der Waals surface area (Å²) in [6.07, 6.45) is 4.78. The predicted octanol–water partition coefficient (Wildman–Crippen LogP) is 2.64. The summed E-state index contributed by atoms with van der Waals surface area (Å²) >= 11 is 0. The number of ether oxygens (including phenoxy) is 3. The van der Waals surface area contributed by atoms with Crippen LogP contribution in [0.2, 0.25) is 0 Å². The Hall–Kier alpha value is -3.23. The van der Waals surface area contributed by atoms with Gasteiger partial charge in [-0.2, -0.15) is 0 Å². The van der Waals surface area contributed by atoms with Crippen LogP contribution >= 0.6 is 0 Å². The number of piperidine rings is 1. The third-order valence-electron chi connectivity index (χ3n) is 4.62. The van der Waals surface area contributed by atoms with Crippen molar-refractivity contribution in [2.75, 3.05) is 51.6 Å². The largest absolute Gasteiger partial charge is 0.497 e. The second kappa shape index (κ2) is 9.31. The average Bonchev–Trinajstić information content (AvgIpc) is 2.73. The first-order valence-corrected chi connectivity index (χ1v) is 9.44. The molecule has 0 aliphatic carbocycles. The summed E-state index contributed by atoms with van der Waals surface area (Å²) in [4.78, 5) is 25.0. The van der Waals surface area contributed by atoms with Crippen molar-refractivity contribution in [3.8, 4) is 17.4 Å². The third-order valence-corrected chi connectivity index (χ3v) is 4.62. The quantitative estimate of drug-likeness (QED) is 0.796. The Labute approximate surface area is 170 Å². The SMILES string of the molecule is COc1cc(NC(=O)N2CCCC(Oc3nccnc3N(C)C)C2)cc(OC)c1. The van der Waals surface area contributed by atoms with Crippen molar-refractivity contribution < 1.29 is 19.0 Å². The van der Waals surface area contributed by atoms with E-state index in [9.17, 15) is 4.79 Å². The monoisotopic (exact) mass is 401 g/mol. The Morgan fingerprint density at radius 2 is 1.83 bits per heavy atom. The normalized spacial score (nSPS) is 16.1.